The molecule has 142 valence electrons. The average molecular weight is 357 g/mol. The molecule has 7 bridgehead atoms. The molecule has 4 aliphatic heterocycles. The lowest BCUT2D eigenvalue weighted by atomic mass is 9.32. The Bertz CT molecular complexity index is 710. The highest BCUT2D eigenvalue weighted by atomic mass is 16.6. The summed E-state index contributed by atoms with van der Waals surface area (Å²) in [5.41, 5.74) is 1.80. The maximum Gasteiger partial charge on any atom is 0.119 e. The minimum atomic E-state index is -0.332. The van der Waals surface area contributed by atoms with Crippen molar-refractivity contribution in [1.82, 2.24) is 4.90 Å². The van der Waals surface area contributed by atoms with Crippen LogP contribution in [0.3, 0.4) is 0 Å². The number of ether oxygens (including phenoxy) is 2. The molecule has 0 aromatic carbocycles. The van der Waals surface area contributed by atoms with E-state index in [1.807, 2.05) is 0 Å². The van der Waals surface area contributed by atoms with Gasteiger partial charge in [0.15, 0.2) is 0 Å². The Morgan fingerprint density at radius 3 is 2.96 bits per heavy atom. The third kappa shape index (κ3) is 1.34. The van der Waals surface area contributed by atoms with E-state index in [0.29, 0.717) is 17.8 Å². The summed E-state index contributed by atoms with van der Waals surface area (Å²) in [7, 11) is 0. The van der Waals surface area contributed by atoms with Gasteiger partial charge in [-0.05, 0) is 50.4 Å². The van der Waals surface area contributed by atoms with E-state index in [1.165, 1.54) is 44.1 Å². The van der Waals surface area contributed by atoms with Crippen LogP contribution in [0.25, 0.3) is 0 Å². The number of fused-ring (bicyclic) bond motifs is 4. The molecule has 1 N–H and O–H groups in total. The van der Waals surface area contributed by atoms with Gasteiger partial charge < -0.3 is 14.6 Å². The molecule has 9 rings (SSSR count). The first kappa shape index (κ1) is 15.5. The molecular weight excluding hydrogens is 326 g/mol. The highest BCUT2D eigenvalue weighted by Gasteiger charge is 2.81. The first-order chi connectivity index (χ1) is 12.5. The molecular formula is C22H31NO3. The molecule has 5 aliphatic carbocycles. The van der Waals surface area contributed by atoms with Crippen molar-refractivity contribution in [2.75, 3.05) is 13.2 Å². The summed E-state index contributed by atoms with van der Waals surface area (Å²) in [6.45, 7) is 8.68. The van der Waals surface area contributed by atoms with E-state index in [0.717, 1.165) is 19.6 Å². The molecule has 5 saturated carbocycles. The van der Waals surface area contributed by atoms with E-state index in [1.54, 1.807) is 0 Å². The molecule has 4 saturated heterocycles. The molecule has 0 amide bonds. The molecule has 2 spiro atoms. The van der Waals surface area contributed by atoms with Crippen LogP contribution in [0.5, 0.6) is 0 Å². The van der Waals surface area contributed by atoms with Gasteiger partial charge in [-0.15, -0.1) is 0 Å². The quantitative estimate of drug-likeness (QED) is 0.677. The zero-order chi connectivity index (χ0) is 17.5. The second-order valence-corrected chi connectivity index (χ2v) is 10.9. The van der Waals surface area contributed by atoms with Gasteiger partial charge >= 0.3 is 0 Å². The van der Waals surface area contributed by atoms with Gasteiger partial charge in [-0.1, -0.05) is 25.5 Å². The molecule has 26 heavy (non-hydrogen) atoms. The maximum absolute atomic E-state index is 11.7. The van der Waals surface area contributed by atoms with Gasteiger partial charge in [0.1, 0.15) is 12.5 Å². The lowest BCUT2D eigenvalue weighted by Gasteiger charge is -2.80. The van der Waals surface area contributed by atoms with Crippen molar-refractivity contribution >= 4 is 0 Å². The number of allylic oxidation sites excluding steroid dienone is 1. The minimum Gasteiger partial charge on any atom is -0.390 e. The molecule has 4 nitrogen and oxygen atoms in total. The van der Waals surface area contributed by atoms with Gasteiger partial charge in [0.05, 0.1) is 18.8 Å². The SMILES string of the molecule is C=C1CC23CCC1C[C@H]2C12CCC[C@]4(C)C5OCCN5C1OC3[C@@H](O)[C@@H]24. The Balaban J connectivity index is 1.47. The summed E-state index contributed by atoms with van der Waals surface area (Å²) in [5.74, 6) is 1.76. The highest BCUT2D eigenvalue weighted by molar-refractivity contribution is 5.31. The van der Waals surface area contributed by atoms with Crippen molar-refractivity contribution in [3.8, 4) is 0 Å². The van der Waals surface area contributed by atoms with Crippen molar-refractivity contribution in [3.63, 3.8) is 0 Å². The van der Waals surface area contributed by atoms with Crippen molar-refractivity contribution in [3.05, 3.63) is 12.2 Å². The van der Waals surface area contributed by atoms with Crippen LogP contribution in [0, 0.1) is 34.0 Å². The second kappa shape index (κ2) is 4.42. The molecule has 0 radical (unpaired) electrons. The summed E-state index contributed by atoms with van der Waals surface area (Å²) in [6.07, 6.45) is 8.57. The zero-order valence-electron chi connectivity index (χ0n) is 15.8. The van der Waals surface area contributed by atoms with Crippen LogP contribution in [0.1, 0.15) is 51.9 Å². The van der Waals surface area contributed by atoms with Crippen LogP contribution in [0.4, 0.5) is 0 Å². The molecule has 6 unspecified atom stereocenters. The maximum atomic E-state index is 11.7. The summed E-state index contributed by atoms with van der Waals surface area (Å²) < 4.78 is 13.2. The molecule has 0 aromatic heterocycles. The monoisotopic (exact) mass is 357 g/mol. The third-order valence-corrected chi connectivity index (χ3v) is 10.3. The van der Waals surface area contributed by atoms with Crippen molar-refractivity contribution in [2.24, 2.45) is 34.0 Å². The Kier molecular flexibility index (Phi) is 2.64. The number of hydrogen-bond donors (Lipinski definition) is 1. The average Bonchev–Trinajstić information content (AvgIpc) is 3.11. The highest BCUT2D eigenvalue weighted by Crippen LogP contribution is 2.79. The van der Waals surface area contributed by atoms with Gasteiger partial charge in [-0.25, -0.2) is 4.90 Å². The predicted octanol–water partition coefficient (Wildman–Crippen LogP) is 2.91. The van der Waals surface area contributed by atoms with Crippen LogP contribution in [0.2, 0.25) is 0 Å². The van der Waals surface area contributed by atoms with Crippen LogP contribution < -0.4 is 0 Å². The molecule has 10 atom stereocenters. The fraction of sp³-hybridized carbons (Fsp3) is 0.909. The zero-order valence-corrected chi connectivity index (χ0v) is 15.8. The molecule has 4 heterocycles. The topological polar surface area (TPSA) is 41.9 Å². The van der Waals surface area contributed by atoms with E-state index in [2.05, 4.69) is 18.4 Å². The number of rotatable bonds is 0. The Hall–Kier alpha value is -0.420. The summed E-state index contributed by atoms with van der Waals surface area (Å²) >= 11 is 0. The van der Waals surface area contributed by atoms with Gasteiger partial charge in [-0.3, -0.25) is 0 Å². The number of nitrogens with zero attached hydrogens (tertiary/aromatic N) is 1. The van der Waals surface area contributed by atoms with Crippen molar-refractivity contribution in [1.29, 1.82) is 0 Å². The summed E-state index contributed by atoms with van der Waals surface area (Å²) in [4.78, 5) is 2.57. The summed E-state index contributed by atoms with van der Waals surface area (Å²) in [5, 5.41) is 11.7. The van der Waals surface area contributed by atoms with Crippen LogP contribution in [-0.2, 0) is 9.47 Å². The van der Waals surface area contributed by atoms with Gasteiger partial charge in [0, 0.05) is 28.7 Å². The van der Waals surface area contributed by atoms with Crippen LogP contribution in [-0.4, -0.2) is 47.8 Å². The van der Waals surface area contributed by atoms with Gasteiger partial charge in [-0.2, -0.15) is 0 Å². The molecule has 9 fully saturated rings. The number of aliphatic hydroxyl groups is 1. The Morgan fingerprint density at radius 1 is 1.23 bits per heavy atom. The largest absolute Gasteiger partial charge is 0.390 e. The lowest BCUT2D eigenvalue weighted by Crippen LogP contribution is -2.85. The normalized spacial score (nSPS) is 65.2. The van der Waals surface area contributed by atoms with E-state index in [-0.39, 0.29) is 40.9 Å². The lowest BCUT2D eigenvalue weighted by molar-refractivity contribution is -0.438. The molecule has 0 aromatic rings. The Morgan fingerprint density at radius 2 is 2.12 bits per heavy atom. The fourth-order valence-electron chi connectivity index (χ4n) is 9.80. The van der Waals surface area contributed by atoms with Crippen molar-refractivity contribution in [2.45, 2.75) is 76.5 Å². The van der Waals surface area contributed by atoms with Crippen LogP contribution >= 0.6 is 0 Å². The smallest absolute Gasteiger partial charge is 0.119 e. The summed E-state index contributed by atoms with van der Waals surface area (Å²) in [6, 6.07) is 0. The number of aliphatic hydroxyl groups excluding tert-OH is 1. The third-order valence-electron chi connectivity index (χ3n) is 10.3. The minimum absolute atomic E-state index is 0.00125. The van der Waals surface area contributed by atoms with Crippen molar-refractivity contribution < 1.29 is 14.6 Å². The number of piperidine rings is 1. The Labute approximate surface area is 155 Å². The molecule has 4 heteroatoms. The van der Waals surface area contributed by atoms with E-state index < -0.39 is 0 Å². The van der Waals surface area contributed by atoms with Gasteiger partial charge in [0.25, 0.3) is 0 Å². The van der Waals surface area contributed by atoms with Crippen LogP contribution in [0.15, 0.2) is 12.2 Å². The standard InChI is InChI=1S/C22H31NO3/c1-12-11-21-7-4-13(12)10-14(21)22-6-3-5-20(2)16(22)15(24)17(21)26-19(22)23-8-9-25-18(20)23/h13-19,24H,1,3-11H2,2H3/t13?,14-,15+,16-,17?,18?,19?,20+,21?,22?/m1/s1. The fourth-order valence-corrected chi connectivity index (χ4v) is 9.80. The van der Waals surface area contributed by atoms with Gasteiger partial charge in [0.2, 0.25) is 0 Å². The predicted molar refractivity (Wildman–Crippen MR) is 96.0 cm³/mol. The number of hydrogen-bond acceptors (Lipinski definition) is 4. The second-order valence-electron chi connectivity index (χ2n) is 10.9. The molecule has 9 aliphatic rings. The van der Waals surface area contributed by atoms with E-state index in [9.17, 15) is 5.11 Å². The first-order valence-corrected chi connectivity index (χ1v) is 10.9. The first-order valence-electron chi connectivity index (χ1n) is 10.9. The van der Waals surface area contributed by atoms with E-state index in [4.69, 9.17) is 9.47 Å². The van der Waals surface area contributed by atoms with E-state index >= 15 is 0 Å².